The highest BCUT2D eigenvalue weighted by Gasteiger charge is 2.10. The van der Waals surface area contributed by atoms with Crippen molar-refractivity contribution in [3.8, 4) is 17.1 Å². The van der Waals surface area contributed by atoms with Crippen LogP contribution < -0.4 is 10.2 Å². The van der Waals surface area contributed by atoms with E-state index in [0.29, 0.717) is 22.8 Å². The first-order valence-electron chi connectivity index (χ1n) is 8.79. The lowest BCUT2D eigenvalue weighted by atomic mass is 10.1. The Balaban J connectivity index is 1.56. The third-order valence-corrected chi connectivity index (χ3v) is 4.05. The SMILES string of the molecule is Cc1ccc(C)c(OCC(=O)N/N=C\c2ccc(-c3cccc([N+](=O)[O-])c3)o2)c1. The van der Waals surface area contributed by atoms with Crippen LogP contribution in [0.15, 0.2) is 64.1 Å². The van der Waals surface area contributed by atoms with Gasteiger partial charge in [0.05, 0.1) is 11.1 Å². The van der Waals surface area contributed by atoms with E-state index in [-0.39, 0.29) is 12.3 Å². The minimum atomic E-state index is -0.468. The van der Waals surface area contributed by atoms with Crippen LogP contribution in [0.2, 0.25) is 0 Å². The monoisotopic (exact) mass is 393 g/mol. The molecule has 1 N–H and O–H groups in total. The van der Waals surface area contributed by atoms with Crippen molar-refractivity contribution in [3.63, 3.8) is 0 Å². The number of carbonyl (C=O) groups excluding carboxylic acids is 1. The molecule has 0 radical (unpaired) electrons. The van der Waals surface area contributed by atoms with E-state index in [2.05, 4.69) is 10.5 Å². The third kappa shape index (κ3) is 5.29. The Hall–Kier alpha value is -3.94. The van der Waals surface area contributed by atoms with Gasteiger partial charge in [0.25, 0.3) is 11.6 Å². The predicted molar refractivity (Wildman–Crippen MR) is 108 cm³/mol. The zero-order valence-corrected chi connectivity index (χ0v) is 15.9. The van der Waals surface area contributed by atoms with Gasteiger partial charge >= 0.3 is 0 Å². The van der Waals surface area contributed by atoms with Crippen LogP contribution in [0.1, 0.15) is 16.9 Å². The molecule has 2 aromatic carbocycles. The molecule has 0 unspecified atom stereocenters. The van der Waals surface area contributed by atoms with Crippen molar-refractivity contribution in [1.82, 2.24) is 5.43 Å². The number of nitrogens with one attached hydrogen (secondary N) is 1. The first-order valence-corrected chi connectivity index (χ1v) is 8.79. The number of amides is 1. The number of hydrazone groups is 1. The smallest absolute Gasteiger partial charge is 0.277 e. The van der Waals surface area contributed by atoms with Crippen molar-refractivity contribution in [2.75, 3.05) is 6.61 Å². The van der Waals surface area contributed by atoms with Gasteiger partial charge in [-0.3, -0.25) is 14.9 Å². The lowest BCUT2D eigenvalue weighted by Crippen LogP contribution is -2.24. The Morgan fingerprint density at radius 3 is 2.83 bits per heavy atom. The maximum absolute atomic E-state index is 11.9. The summed E-state index contributed by atoms with van der Waals surface area (Å²) in [5.41, 5.74) is 4.90. The molecule has 0 aliphatic carbocycles. The Labute approximate surface area is 167 Å². The number of benzene rings is 2. The van der Waals surface area contributed by atoms with Crippen molar-refractivity contribution in [2.45, 2.75) is 13.8 Å². The number of carbonyl (C=O) groups is 1. The highest BCUT2D eigenvalue weighted by atomic mass is 16.6. The van der Waals surface area contributed by atoms with Gasteiger partial charge in [-0.1, -0.05) is 24.3 Å². The van der Waals surface area contributed by atoms with Gasteiger partial charge in [-0.2, -0.15) is 5.10 Å². The fourth-order valence-electron chi connectivity index (χ4n) is 2.56. The number of hydrogen-bond acceptors (Lipinski definition) is 6. The molecule has 0 fully saturated rings. The zero-order valence-electron chi connectivity index (χ0n) is 15.9. The molecule has 0 bridgehead atoms. The number of nitro benzene ring substituents is 1. The molecule has 29 heavy (non-hydrogen) atoms. The van der Waals surface area contributed by atoms with Crippen molar-refractivity contribution in [2.24, 2.45) is 5.10 Å². The number of non-ortho nitro benzene ring substituents is 1. The first-order chi connectivity index (χ1) is 13.9. The first kappa shape index (κ1) is 19.8. The molecule has 0 aliphatic heterocycles. The summed E-state index contributed by atoms with van der Waals surface area (Å²) in [6.45, 7) is 3.68. The fourth-order valence-corrected chi connectivity index (χ4v) is 2.56. The molecule has 3 aromatic rings. The second kappa shape index (κ2) is 8.83. The number of hydrogen-bond donors (Lipinski definition) is 1. The van der Waals surface area contributed by atoms with Crippen LogP contribution in [0.3, 0.4) is 0 Å². The van der Waals surface area contributed by atoms with Crippen LogP contribution in [-0.2, 0) is 4.79 Å². The molecule has 148 valence electrons. The molecule has 0 aliphatic rings. The van der Waals surface area contributed by atoms with Crippen LogP contribution in [0.5, 0.6) is 5.75 Å². The molecule has 0 spiro atoms. The summed E-state index contributed by atoms with van der Waals surface area (Å²) in [7, 11) is 0. The van der Waals surface area contributed by atoms with E-state index in [0.717, 1.165) is 11.1 Å². The van der Waals surface area contributed by atoms with E-state index < -0.39 is 10.8 Å². The van der Waals surface area contributed by atoms with E-state index in [1.54, 1.807) is 24.3 Å². The van der Waals surface area contributed by atoms with Crippen LogP contribution in [0, 0.1) is 24.0 Å². The molecule has 1 aromatic heterocycles. The Bertz CT molecular complexity index is 1070. The minimum absolute atomic E-state index is 0.0229. The Kier molecular flexibility index (Phi) is 6.03. The average molecular weight is 393 g/mol. The van der Waals surface area contributed by atoms with Crippen LogP contribution in [-0.4, -0.2) is 23.7 Å². The Morgan fingerprint density at radius 1 is 1.21 bits per heavy atom. The molecular weight excluding hydrogens is 374 g/mol. The molecule has 0 saturated heterocycles. The van der Waals surface area contributed by atoms with Crippen LogP contribution in [0.25, 0.3) is 11.3 Å². The summed E-state index contributed by atoms with van der Waals surface area (Å²) in [5, 5.41) is 14.7. The van der Waals surface area contributed by atoms with Gasteiger partial charge in [0.1, 0.15) is 17.3 Å². The van der Waals surface area contributed by atoms with E-state index in [4.69, 9.17) is 9.15 Å². The highest BCUT2D eigenvalue weighted by molar-refractivity contribution is 5.81. The summed E-state index contributed by atoms with van der Waals surface area (Å²) in [5.74, 6) is 1.09. The lowest BCUT2D eigenvalue weighted by Gasteiger charge is -2.08. The van der Waals surface area contributed by atoms with E-state index in [9.17, 15) is 14.9 Å². The zero-order chi connectivity index (χ0) is 20.8. The van der Waals surface area contributed by atoms with Crippen molar-refractivity contribution in [3.05, 3.63) is 81.6 Å². The topological polar surface area (TPSA) is 107 Å². The summed E-state index contributed by atoms with van der Waals surface area (Å²) in [6, 6.07) is 15.2. The molecule has 0 saturated carbocycles. The van der Waals surface area contributed by atoms with Gasteiger partial charge in [0.2, 0.25) is 0 Å². The summed E-state index contributed by atoms with van der Waals surface area (Å²) in [4.78, 5) is 22.3. The van der Waals surface area contributed by atoms with Gasteiger partial charge in [-0.15, -0.1) is 0 Å². The second-order valence-electron chi connectivity index (χ2n) is 6.36. The quantitative estimate of drug-likeness (QED) is 0.371. The van der Waals surface area contributed by atoms with Crippen LogP contribution >= 0.6 is 0 Å². The Morgan fingerprint density at radius 2 is 2.03 bits per heavy atom. The number of nitrogens with zero attached hydrogens (tertiary/aromatic N) is 2. The van der Waals surface area contributed by atoms with Gasteiger partial charge in [0, 0.05) is 17.7 Å². The largest absolute Gasteiger partial charge is 0.483 e. The fraction of sp³-hybridized carbons (Fsp3) is 0.143. The third-order valence-electron chi connectivity index (χ3n) is 4.05. The molecule has 8 heteroatoms. The molecule has 0 atom stereocenters. The van der Waals surface area contributed by atoms with Crippen molar-refractivity contribution < 1.29 is 18.9 Å². The molecule has 3 rings (SSSR count). The number of rotatable bonds is 7. The predicted octanol–water partition coefficient (Wildman–Crippen LogP) is 4.00. The molecule has 1 amide bonds. The average Bonchev–Trinajstić information content (AvgIpc) is 3.18. The van der Waals surface area contributed by atoms with Crippen LogP contribution in [0.4, 0.5) is 5.69 Å². The van der Waals surface area contributed by atoms with Gasteiger partial charge in [-0.25, -0.2) is 5.43 Å². The normalized spacial score (nSPS) is 10.8. The van der Waals surface area contributed by atoms with E-state index >= 15 is 0 Å². The van der Waals surface area contributed by atoms with Gasteiger partial charge in [-0.05, 0) is 43.2 Å². The van der Waals surface area contributed by atoms with E-state index in [1.165, 1.54) is 18.3 Å². The molecular formula is C21H19N3O5. The summed E-state index contributed by atoms with van der Waals surface area (Å²) >= 11 is 0. The van der Waals surface area contributed by atoms with Gasteiger partial charge in [0.15, 0.2) is 6.61 Å². The molecule has 1 heterocycles. The number of ether oxygens (including phenoxy) is 1. The lowest BCUT2D eigenvalue weighted by molar-refractivity contribution is -0.384. The van der Waals surface area contributed by atoms with Crippen molar-refractivity contribution >= 4 is 17.8 Å². The maximum Gasteiger partial charge on any atom is 0.277 e. The maximum atomic E-state index is 11.9. The number of nitro groups is 1. The van der Waals surface area contributed by atoms with E-state index in [1.807, 2.05) is 32.0 Å². The molecule has 8 nitrogen and oxygen atoms in total. The highest BCUT2D eigenvalue weighted by Crippen LogP contribution is 2.25. The minimum Gasteiger partial charge on any atom is -0.483 e. The summed E-state index contributed by atoms with van der Waals surface area (Å²) in [6.07, 6.45) is 1.34. The van der Waals surface area contributed by atoms with Gasteiger partial charge < -0.3 is 9.15 Å². The van der Waals surface area contributed by atoms with Crippen molar-refractivity contribution in [1.29, 1.82) is 0 Å². The standard InChI is InChI=1S/C21H19N3O5/c1-14-6-7-15(2)20(10-14)28-13-21(25)23-22-12-18-8-9-19(29-18)16-4-3-5-17(11-16)24(26)27/h3-12H,13H2,1-2H3,(H,23,25)/b22-12-. The second-order valence-corrected chi connectivity index (χ2v) is 6.36. The number of furan rings is 1. The summed E-state index contributed by atoms with van der Waals surface area (Å²) < 4.78 is 11.1. The number of aryl methyl sites for hydroxylation is 2.